The van der Waals surface area contributed by atoms with E-state index in [1.165, 1.54) is 0 Å². The number of ketones is 1. The van der Waals surface area contributed by atoms with E-state index in [-0.39, 0.29) is 5.78 Å². The first-order valence-electron chi connectivity index (χ1n) is 6.41. The molecule has 0 unspecified atom stereocenters. The summed E-state index contributed by atoms with van der Waals surface area (Å²) in [7, 11) is 3.89. The van der Waals surface area contributed by atoms with E-state index in [1.807, 2.05) is 48.1 Å². The first-order chi connectivity index (χ1) is 9.16. The van der Waals surface area contributed by atoms with Crippen LogP contribution < -0.4 is 4.90 Å². The highest BCUT2D eigenvalue weighted by atomic mass is 16.1. The van der Waals surface area contributed by atoms with Crippen molar-refractivity contribution in [1.29, 1.82) is 0 Å². The summed E-state index contributed by atoms with van der Waals surface area (Å²) in [5.41, 5.74) is 1.57. The van der Waals surface area contributed by atoms with Gasteiger partial charge in [0.25, 0.3) is 0 Å². The summed E-state index contributed by atoms with van der Waals surface area (Å²) in [6.45, 7) is 0. The fourth-order valence-electron chi connectivity index (χ4n) is 2.42. The molecule has 0 N–H and O–H groups in total. The first kappa shape index (κ1) is 11.9. The van der Waals surface area contributed by atoms with Crippen molar-refractivity contribution in [2.75, 3.05) is 19.0 Å². The van der Waals surface area contributed by atoms with Gasteiger partial charge in [0.05, 0.1) is 0 Å². The summed E-state index contributed by atoms with van der Waals surface area (Å²) in [6, 6.07) is 3.83. The number of Topliss-reactive ketones (excluding diaryl/α,β-unsaturated/α-hetero) is 1. The minimum atomic E-state index is 0.125. The molecular formula is C14H16N4O. The molecule has 19 heavy (non-hydrogen) atoms. The van der Waals surface area contributed by atoms with Crippen LogP contribution in [0.1, 0.15) is 28.9 Å². The lowest BCUT2D eigenvalue weighted by molar-refractivity contribution is 0.0967. The fraction of sp³-hybridized carbons (Fsp3) is 0.357. The summed E-state index contributed by atoms with van der Waals surface area (Å²) >= 11 is 0. The maximum atomic E-state index is 12.1. The van der Waals surface area contributed by atoms with Crippen molar-refractivity contribution >= 4 is 11.6 Å². The van der Waals surface area contributed by atoms with Gasteiger partial charge in [-0.05, 0) is 25.0 Å². The third-order valence-electron chi connectivity index (χ3n) is 3.33. The van der Waals surface area contributed by atoms with Crippen LogP contribution in [0.5, 0.6) is 0 Å². The molecule has 0 saturated heterocycles. The number of fused-ring (bicyclic) bond motifs is 1. The molecule has 2 heterocycles. The van der Waals surface area contributed by atoms with Crippen molar-refractivity contribution in [2.45, 2.75) is 19.3 Å². The van der Waals surface area contributed by atoms with E-state index in [9.17, 15) is 4.79 Å². The molecule has 0 saturated carbocycles. The minimum absolute atomic E-state index is 0.125. The Bertz CT molecular complexity index is 617. The summed E-state index contributed by atoms with van der Waals surface area (Å²) in [5, 5.41) is 0. The maximum Gasteiger partial charge on any atom is 0.236 e. The van der Waals surface area contributed by atoms with Gasteiger partial charge < -0.3 is 4.90 Å². The third kappa shape index (κ3) is 2.01. The van der Waals surface area contributed by atoms with Crippen LogP contribution in [0.15, 0.2) is 24.5 Å². The Hall–Kier alpha value is -2.17. The van der Waals surface area contributed by atoms with Crippen molar-refractivity contribution in [3.8, 4) is 5.95 Å². The summed E-state index contributed by atoms with van der Waals surface area (Å²) in [4.78, 5) is 23.1. The number of anilines is 1. The van der Waals surface area contributed by atoms with Crippen LogP contribution in [0.3, 0.4) is 0 Å². The molecule has 0 fully saturated rings. The molecule has 2 aromatic rings. The van der Waals surface area contributed by atoms with Gasteiger partial charge in [-0.2, -0.15) is 4.98 Å². The molecular weight excluding hydrogens is 240 g/mol. The predicted molar refractivity (Wildman–Crippen MR) is 73.0 cm³/mol. The van der Waals surface area contributed by atoms with Gasteiger partial charge in [-0.15, -0.1) is 0 Å². The molecule has 0 aliphatic heterocycles. The van der Waals surface area contributed by atoms with Gasteiger partial charge in [0.15, 0.2) is 5.78 Å². The van der Waals surface area contributed by atoms with Crippen molar-refractivity contribution in [2.24, 2.45) is 0 Å². The standard InChI is InChI=1S/C14H16N4O/c1-17(2)13-10-6-5-7-11(19)12(10)15-14(16-13)18-8-3-4-9-18/h3-4,8-9H,5-7H2,1-2H3. The quantitative estimate of drug-likeness (QED) is 0.823. The molecule has 0 spiro atoms. The molecule has 5 heteroatoms. The van der Waals surface area contributed by atoms with Gasteiger partial charge in [-0.25, -0.2) is 4.98 Å². The largest absolute Gasteiger partial charge is 0.362 e. The topological polar surface area (TPSA) is 51.0 Å². The molecule has 1 aliphatic carbocycles. The molecule has 0 radical (unpaired) electrons. The van der Waals surface area contributed by atoms with Crippen molar-refractivity contribution in [1.82, 2.24) is 14.5 Å². The number of carbonyl (C=O) groups excluding carboxylic acids is 1. The van der Waals surface area contributed by atoms with E-state index < -0.39 is 0 Å². The SMILES string of the molecule is CN(C)c1nc(-n2cccc2)nc2c1CCCC2=O. The van der Waals surface area contributed by atoms with Crippen molar-refractivity contribution in [3.63, 3.8) is 0 Å². The smallest absolute Gasteiger partial charge is 0.236 e. The molecule has 0 amide bonds. The fourth-order valence-corrected chi connectivity index (χ4v) is 2.42. The van der Waals surface area contributed by atoms with Gasteiger partial charge >= 0.3 is 0 Å². The van der Waals surface area contributed by atoms with Crippen LogP contribution in [0, 0.1) is 0 Å². The second-order valence-corrected chi connectivity index (χ2v) is 4.94. The Balaban J connectivity index is 2.21. The zero-order valence-corrected chi connectivity index (χ0v) is 11.1. The lowest BCUT2D eigenvalue weighted by atomic mass is 9.95. The minimum Gasteiger partial charge on any atom is -0.362 e. The number of rotatable bonds is 2. The Labute approximate surface area is 111 Å². The average molecular weight is 256 g/mol. The molecule has 3 rings (SSSR count). The predicted octanol–water partition coefficient (Wildman–Crippen LogP) is 1.85. The van der Waals surface area contributed by atoms with E-state index in [0.29, 0.717) is 18.1 Å². The van der Waals surface area contributed by atoms with Gasteiger partial charge in [0, 0.05) is 38.5 Å². The maximum absolute atomic E-state index is 12.1. The average Bonchev–Trinajstić information content (AvgIpc) is 2.92. The van der Waals surface area contributed by atoms with Crippen LogP contribution >= 0.6 is 0 Å². The van der Waals surface area contributed by atoms with E-state index in [0.717, 1.165) is 24.2 Å². The van der Waals surface area contributed by atoms with Gasteiger partial charge in [0.1, 0.15) is 11.5 Å². The number of carbonyl (C=O) groups is 1. The third-order valence-corrected chi connectivity index (χ3v) is 3.33. The van der Waals surface area contributed by atoms with Crippen LogP contribution in [0.2, 0.25) is 0 Å². The van der Waals surface area contributed by atoms with E-state index in [4.69, 9.17) is 0 Å². The molecule has 5 nitrogen and oxygen atoms in total. The summed E-state index contributed by atoms with van der Waals surface area (Å²) in [5.74, 6) is 1.53. The normalized spacial score (nSPS) is 14.3. The molecule has 0 atom stereocenters. The van der Waals surface area contributed by atoms with Crippen LogP contribution in [-0.2, 0) is 6.42 Å². The van der Waals surface area contributed by atoms with E-state index >= 15 is 0 Å². The Morgan fingerprint density at radius 2 is 1.89 bits per heavy atom. The summed E-state index contributed by atoms with van der Waals surface area (Å²) < 4.78 is 1.83. The second kappa shape index (κ2) is 4.50. The molecule has 0 aromatic carbocycles. The monoisotopic (exact) mass is 256 g/mol. The lowest BCUT2D eigenvalue weighted by Gasteiger charge is -2.22. The van der Waals surface area contributed by atoms with Crippen LogP contribution in [0.25, 0.3) is 5.95 Å². The van der Waals surface area contributed by atoms with Crippen LogP contribution in [-0.4, -0.2) is 34.4 Å². The lowest BCUT2D eigenvalue weighted by Crippen LogP contribution is -2.22. The Kier molecular flexibility index (Phi) is 2.81. The van der Waals surface area contributed by atoms with Gasteiger partial charge in [0.2, 0.25) is 5.95 Å². The Morgan fingerprint density at radius 3 is 2.58 bits per heavy atom. The van der Waals surface area contributed by atoms with Gasteiger partial charge in [-0.1, -0.05) is 0 Å². The first-order valence-corrected chi connectivity index (χ1v) is 6.41. The summed E-state index contributed by atoms with van der Waals surface area (Å²) in [6.07, 6.45) is 6.12. The second-order valence-electron chi connectivity index (χ2n) is 4.94. The zero-order valence-electron chi connectivity index (χ0n) is 11.1. The highest BCUT2D eigenvalue weighted by Crippen LogP contribution is 2.27. The molecule has 0 bridgehead atoms. The number of hydrogen-bond donors (Lipinski definition) is 0. The highest BCUT2D eigenvalue weighted by Gasteiger charge is 2.24. The van der Waals surface area contributed by atoms with Crippen LogP contribution in [0.4, 0.5) is 5.82 Å². The van der Waals surface area contributed by atoms with E-state index in [1.54, 1.807) is 0 Å². The van der Waals surface area contributed by atoms with Crippen molar-refractivity contribution < 1.29 is 4.79 Å². The number of hydrogen-bond acceptors (Lipinski definition) is 4. The van der Waals surface area contributed by atoms with Crippen molar-refractivity contribution in [3.05, 3.63) is 35.8 Å². The van der Waals surface area contributed by atoms with E-state index in [2.05, 4.69) is 9.97 Å². The zero-order chi connectivity index (χ0) is 13.4. The Morgan fingerprint density at radius 1 is 1.16 bits per heavy atom. The van der Waals surface area contributed by atoms with Gasteiger partial charge in [-0.3, -0.25) is 9.36 Å². The molecule has 2 aromatic heterocycles. The molecule has 1 aliphatic rings. The highest BCUT2D eigenvalue weighted by molar-refractivity contribution is 5.97. The molecule has 98 valence electrons. The number of nitrogens with zero attached hydrogens (tertiary/aromatic N) is 4. The number of aromatic nitrogens is 3.